The van der Waals surface area contributed by atoms with Gasteiger partial charge in [-0.1, -0.05) is 18.9 Å². The van der Waals surface area contributed by atoms with Crippen molar-refractivity contribution in [2.75, 3.05) is 6.54 Å². The van der Waals surface area contributed by atoms with Gasteiger partial charge in [-0.05, 0) is 38.8 Å². The van der Waals surface area contributed by atoms with Gasteiger partial charge in [-0.15, -0.1) is 0 Å². The number of hydrogen-bond acceptors (Lipinski definition) is 3. The highest BCUT2D eigenvalue weighted by molar-refractivity contribution is 5.96. The summed E-state index contributed by atoms with van der Waals surface area (Å²) in [7, 11) is 0. The first kappa shape index (κ1) is 15.5. The van der Waals surface area contributed by atoms with Crippen LogP contribution in [0.15, 0.2) is 18.2 Å². The number of aromatic hydroxyl groups is 1. The summed E-state index contributed by atoms with van der Waals surface area (Å²) in [6.07, 6.45) is 4.42. The molecular formula is C17H23NO3. The summed E-state index contributed by atoms with van der Waals surface area (Å²) < 4.78 is 0. The van der Waals surface area contributed by atoms with E-state index in [-0.39, 0.29) is 23.5 Å². The van der Waals surface area contributed by atoms with Crippen molar-refractivity contribution < 1.29 is 14.7 Å². The van der Waals surface area contributed by atoms with Crippen LogP contribution in [0.25, 0.3) is 0 Å². The van der Waals surface area contributed by atoms with Crippen molar-refractivity contribution in [2.24, 2.45) is 0 Å². The van der Waals surface area contributed by atoms with Gasteiger partial charge in [0.25, 0.3) is 5.91 Å². The number of hydrogen-bond donors (Lipinski definition) is 1. The number of amides is 1. The molecule has 0 aromatic heterocycles. The Bertz CT molecular complexity index is 539. The van der Waals surface area contributed by atoms with E-state index in [1.54, 1.807) is 32.0 Å². The first-order valence-electron chi connectivity index (χ1n) is 7.59. The summed E-state index contributed by atoms with van der Waals surface area (Å²) >= 11 is 0. The van der Waals surface area contributed by atoms with Crippen LogP contribution in [0.3, 0.4) is 0 Å². The molecule has 0 saturated carbocycles. The fourth-order valence-electron chi connectivity index (χ4n) is 3.00. The highest BCUT2D eigenvalue weighted by atomic mass is 16.3. The molecule has 1 heterocycles. The van der Waals surface area contributed by atoms with Crippen molar-refractivity contribution in [3.05, 3.63) is 29.3 Å². The predicted octanol–water partition coefficient (Wildman–Crippen LogP) is 3.06. The molecule has 1 aliphatic rings. The van der Waals surface area contributed by atoms with Crippen LogP contribution < -0.4 is 0 Å². The largest absolute Gasteiger partial charge is 0.508 e. The Morgan fingerprint density at radius 2 is 2.05 bits per heavy atom. The van der Waals surface area contributed by atoms with Crippen molar-refractivity contribution in [2.45, 2.75) is 52.0 Å². The summed E-state index contributed by atoms with van der Waals surface area (Å²) in [5.74, 6) is 0.183. The second-order valence-electron chi connectivity index (χ2n) is 5.86. The molecule has 4 nitrogen and oxygen atoms in total. The van der Waals surface area contributed by atoms with Gasteiger partial charge in [0.05, 0.1) is 0 Å². The smallest absolute Gasteiger partial charge is 0.254 e. The number of phenolic OH excluding ortho intramolecular Hbond substituents is 1. The quantitative estimate of drug-likeness (QED) is 0.930. The third kappa shape index (κ3) is 3.63. The van der Waals surface area contributed by atoms with Crippen LogP contribution in [0.2, 0.25) is 0 Å². The molecule has 0 aliphatic carbocycles. The molecule has 1 aliphatic heterocycles. The first-order valence-corrected chi connectivity index (χ1v) is 7.59. The molecule has 0 bridgehead atoms. The number of nitrogens with zero attached hydrogens (tertiary/aromatic N) is 1. The lowest BCUT2D eigenvalue weighted by Gasteiger charge is -2.30. The number of carbonyl (C=O) groups is 2. The van der Waals surface area contributed by atoms with Gasteiger partial charge < -0.3 is 10.0 Å². The van der Waals surface area contributed by atoms with Crippen LogP contribution in [0.4, 0.5) is 0 Å². The molecule has 1 N–H and O–H groups in total. The Morgan fingerprint density at radius 1 is 1.29 bits per heavy atom. The number of Topliss-reactive ketones (excluding diaryl/α,β-unsaturated/α-hetero) is 1. The first-order chi connectivity index (χ1) is 10.0. The topological polar surface area (TPSA) is 57.6 Å². The molecule has 1 amide bonds. The molecule has 1 unspecified atom stereocenters. The molecule has 4 heteroatoms. The predicted molar refractivity (Wildman–Crippen MR) is 81.4 cm³/mol. The van der Waals surface area contributed by atoms with E-state index in [2.05, 4.69) is 0 Å². The van der Waals surface area contributed by atoms with E-state index in [1.165, 1.54) is 0 Å². The fourth-order valence-corrected chi connectivity index (χ4v) is 3.00. The molecular weight excluding hydrogens is 266 g/mol. The van der Waals surface area contributed by atoms with Gasteiger partial charge in [0.1, 0.15) is 11.5 Å². The molecule has 1 aromatic rings. The van der Waals surface area contributed by atoms with Crippen molar-refractivity contribution in [1.82, 2.24) is 4.90 Å². The molecule has 0 radical (unpaired) electrons. The van der Waals surface area contributed by atoms with Gasteiger partial charge >= 0.3 is 0 Å². The Morgan fingerprint density at radius 3 is 2.76 bits per heavy atom. The van der Waals surface area contributed by atoms with Crippen molar-refractivity contribution >= 4 is 11.7 Å². The lowest BCUT2D eigenvalue weighted by atomic mass is 10.0. The van der Waals surface area contributed by atoms with E-state index >= 15 is 0 Å². The van der Waals surface area contributed by atoms with E-state index in [9.17, 15) is 14.7 Å². The third-order valence-corrected chi connectivity index (χ3v) is 4.20. The highest BCUT2D eigenvalue weighted by Gasteiger charge is 2.28. The van der Waals surface area contributed by atoms with E-state index in [0.29, 0.717) is 24.1 Å². The molecule has 1 fully saturated rings. The SMILES string of the molecule is CC(=O)CC1CCCCCN1C(=O)c1cccc(O)c1C. The molecule has 2 rings (SSSR count). The normalized spacial score (nSPS) is 19.1. The van der Waals surface area contributed by atoms with Gasteiger partial charge in [0.15, 0.2) is 0 Å². The average molecular weight is 289 g/mol. The van der Waals surface area contributed by atoms with E-state index in [4.69, 9.17) is 0 Å². The lowest BCUT2D eigenvalue weighted by Crippen LogP contribution is -2.41. The zero-order chi connectivity index (χ0) is 15.4. The van der Waals surface area contributed by atoms with Crippen molar-refractivity contribution in [3.8, 4) is 5.75 Å². The Kier molecular flexibility index (Phi) is 4.99. The summed E-state index contributed by atoms with van der Waals surface area (Å²) in [5, 5.41) is 9.79. The number of phenols is 1. The highest BCUT2D eigenvalue weighted by Crippen LogP contribution is 2.25. The number of rotatable bonds is 3. The minimum Gasteiger partial charge on any atom is -0.508 e. The number of benzene rings is 1. The lowest BCUT2D eigenvalue weighted by molar-refractivity contribution is -0.118. The summed E-state index contributed by atoms with van der Waals surface area (Å²) in [4.78, 5) is 26.1. The second kappa shape index (κ2) is 6.74. The van der Waals surface area contributed by atoms with E-state index < -0.39 is 0 Å². The van der Waals surface area contributed by atoms with Gasteiger partial charge in [-0.2, -0.15) is 0 Å². The molecule has 21 heavy (non-hydrogen) atoms. The van der Waals surface area contributed by atoms with Gasteiger partial charge in [0, 0.05) is 30.1 Å². The van der Waals surface area contributed by atoms with E-state index in [1.807, 2.05) is 4.90 Å². The Balaban J connectivity index is 2.28. The maximum Gasteiger partial charge on any atom is 0.254 e. The van der Waals surface area contributed by atoms with Crippen LogP contribution in [0, 0.1) is 6.92 Å². The minimum absolute atomic E-state index is 0.0146. The average Bonchev–Trinajstić information content (AvgIpc) is 2.66. The van der Waals surface area contributed by atoms with Crippen molar-refractivity contribution in [3.63, 3.8) is 0 Å². The summed E-state index contributed by atoms with van der Waals surface area (Å²) in [6.45, 7) is 4.01. The zero-order valence-corrected chi connectivity index (χ0v) is 12.8. The van der Waals surface area contributed by atoms with Gasteiger partial charge in [-0.3, -0.25) is 9.59 Å². The second-order valence-corrected chi connectivity index (χ2v) is 5.86. The number of ketones is 1. The molecule has 1 aromatic carbocycles. The minimum atomic E-state index is -0.0726. The number of likely N-dealkylation sites (tertiary alicyclic amines) is 1. The Hall–Kier alpha value is -1.84. The number of carbonyl (C=O) groups excluding carboxylic acids is 2. The summed E-state index contributed by atoms with van der Waals surface area (Å²) in [5.41, 5.74) is 1.14. The summed E-state index contributed by atoms with van der Waals surface area (Å²) in [6, 6.07) is 5.00. The Labute approximate surface area is 125 Å². The molecule has 1 saturated heterocycles. The van der Waals surface area contributed by atoms with E-state index in [0.717, 1.165) is 25.7 Å². The van der Waals surface area contributed by atoms with Crippen LogP contribution in [0.1, 0.15) is 54.9 Å². The molecule has 1 atom stereocenters. The standard InChI is InChI=1S/C17H23NO3/c1-12(19)11-14-7-4-3-5-10-18(14)17(21)15-8-6-9-16(20)13(15)2/h6,8-9,14,20H,3-5,7,10-11H2,1-2H3. The van der Waals surface area contributed by atoms with Gasteiger partial charge in [0.2, 0.25) is 0 Å². The molecule has 114 valence electrons. The van der Waals surface area contributed by atoms with Crippen LogP contribution >= 0.6 is 0 Å². The van der Waals surface area contributed by atoms with Crippen LogP contribution in [-0.2, 0) is 4.79 Å². The van der Waals surface area contributed by atoms with Crippen molar-refractivity contribution in [1.29, 1.82) is 0 Å². The maximum absolute atomic E-state index is 12.8. The third-order valence-electron chi connectivity index (χ3n) is 4.20. The zero-order valence-electron chi connectivity index (χ0n) is 12.8. The molecule has 0 spiro atoms. The fraction of sp³-hybridized carbons (Fsp3) is 0.529. The maximum atomic E-state index is 12.8. The van der Waals surface area contributed by atoms with Crippen LogP contribution in [-0.4, -0.2) is 34.3 Å². The van der Waals surface area contributed by atoms with Gasteiger partial charge in [-0.25, -0.2) is 0 Å². The van der Waals surface area contributed by atoms with Crippen LogP contribution in [0.5, 0.6) is 5.75 Å². The monoisotopic (exact) mass is 289 g/mol.